The third-order valence-electron chi connectivity index (χ3n) is 5.23. The zero-order chi connectivity index (χ0) is 19.7. The van der Waals surface area contributed by atoms with Gasteiger partial charge < -0.3 is 4.90 Å². The summed E-state index contributed by atoms with van der Waals surface area (Å²) in [6, 6.07) is 7.64. The van der Waals surface area contributed by atoms with Crippen molar-refractivity contribution in [3.8, 4) is 0 Å². The fourth-order valence-corrected chi connectivity index (χ4v) is 3.86. The molecular weight excluding hydrogens is 381 g/mol. The summed E-state index contributed by atoms with van der Waals surface area (Å²) in [4.78, 5) is 14.7. The first-order valence-electron chi connectivity index (χ1n) is 9.61. The summed E-state index contributed by atoms with van der Waals surface area (Å²) in [5, 5.41) is 5.76. The number of benzene rings is 1. The summed E-state index contributed by atoms with van der Waals surface area (Å²) in [5.41, 5.74) is 3.02. The molecule has 1 aliphatic rings. The standard InChI is InChI=1S/C21H27Cl2N3O/c1-13(2)19-12-20(14(3)4)26(24-19)16-7-9-25(10-8-16)21(27)15-5-6-17(22)18(23)11-15/h5-6,11-14,16H,7-10H2,1-4H3. The predicted octanol–water partition coefficient (Wildman–Crippen LogP) is 5.91. The maximum absolute atomic E-state index is 12.8. The molecule has 4 nitrogen and oxygen atoms in total. The lowest BCUT2D eigenvalue weighted by Crippen LogP contribution is -2.39. The van der Waals surface area contributed by atoms with Crippen LogP contribution >= 0.6 is 23.2 Å². The lowest BCUT2D eigenvalue weighted by atomic mass is 10.0. The molecule has 1 amide bonds. The second-order valence-electron chi connectivity index (χ2n) is 7.90. The summed E-state index contributed by atoms with van der Waals surface area (Å²) >= 11 is 12.0. The molecule has 0 aliphatic carbocycles. The Morgan fingerprint density at radius 3 is 2.26 bits per heavy atom. The highest BCUT2D eigenvalue weighted by Crippen LogP contribution is 2.30. The number of piperidine rings is 1. The maximum Gasteiger partial charge on any atom is 0.253 e. The minimum absolute atomic E-state index is 0.0134. The normalized spacial score (nSPS) is 15.8. The molecule has 0 spiro atoms. The van der Waals surface area contributed by atoms with Gasteiger partial charge in [-0.3, -0.25) is 9.48 Å². The molecule has 1 aliphatic heterocycles. The van der Waals surface area contributed by atoms with E-state index in [1.807, 2.05) is 4.90 Å². The number of halogens is 2. The molecule has 3 rings (SSSR count). The lowest BCUT2D eigenvalue weighted by Gasteiger charge is -2.33. The van der Waals surface area contributed by atoms with Crippen LogP contribution in [0.25, 0.3) is 0 Å². The number of hydrogen-bond donors (Lipinski definition) is 0. The van der Waals surface area contributed by atoms with Crippen molar-refractivity contribution in [2.45, 2.75) is 58.4 Å². The average molecular weight is 408 g/mol. The van der Waals surface area contributed by atoms with Gasteiger partial charge in [-0.05, 0) is 48.9 Å². The van der Waals surface area contributed by atoms with E-state index in [9.17, 15) is 4.79 Å². The molecule has 0 atom stereocenters. The SMILES string of the molecule is CC(C)c1cc(C(C)C)n(C2CCN(C(=O)c3ccc(Cl)c(Cl)c3)CC2)n1. The van der Waals surface area contributed by atoms with E-state index >= 15 is 0 Å². The highest BCUT2D eigenvalue weighted by Gasteiger charge is 2.27. The van der Waals surface area contributed by atoms with Crippen LogP contribution in [-0.4, -0.2) is 33.7 Å². The highest BCUT2D eigenvalue weighted by atomic mass is 35.5. The summed E-state index contributed by atoms with van der Waals surface area (Å²) in [6.07, 6.45) is 1.82. The minimum Gasteiger partial charge on any atom is -0.338 e. The summed E-state index contributed by atoms with van der Waals surface area (Å²) in [6.45, 7) is 10.2. The van der Waals surface area contributed by atoms with E-state index in [0.717, 1.165) is 31.6 Å². The molecule has 1 saturated heterocycles. The Hall–Kier alpha value is -1.52. The third-order valence-corrected chi connectivity index (χ3v) is 5.97. The lowest BCUT2D eigenvalue weighted by molar-refractivity contribution is 0.0688. The Balaban J connectivity index is 1.72. The van der Waals surface area contributed by atoms with Crippen LogP contribution in [-0.2, 0) is 0 Å². The fourth-order valence-electron chi connectivity index (χ4n) is 3.56. The number of carbonyl (C=O) groups is 1. The van der Waals surface area contributed by atoms with Crippen molar-refractivity contribution >= 4 is 29.1 Å². The van der Waals surface area contributed by atoms with Gasteiger partial charge in [0.2, 0.25) is 0 Å². The van der Waals surface area contributed by atoms with Gasteiger partial charge in [0.25, 0.3) is 5.91 Å². The highest BCUT2D eigenvalue weighted by molar-refractivity contribution is 6.42. The number of hydrogen-bond acceptors (Lipinski definition) is 2. The molecule has 0 radical (unpaired) electrons. The monoisotopic (exact) mass is 407 g/mol. The molecule has 2 heterocycles. The Bertz CT molecular complexity index is 821. The molecule has 1 aromatic carbocycles. The van der Waals surface area contributed by atoms with Crippen molar-refractivity contribution in [2.24, 2.45) is 0 Å². The van der Waals surface area contributed by atoms with E-state index in [1.54, 1.807) is 18.2 Å². The second kappa shape index (κ2) is 8.24. The molecule has 6 heteroatoms. The molecule has 1 aromatic heterocycles. The smallest absolute Gasteiger partial charge is 0.253 e. The zero-order valence-electron chi connectivity index (χ0n) is 16.4. The van der Waals surface area contributed by atoms with E-state index in [2.05, 4.69) is 38.4 Å². The first-order chi connectivity index (χ1) is 12.8. The summed E-state index contributed by atoms with van der Waals surface area (Å²) < 4.78 is 2.21. The van der Waals surface area contributed by atoms with Crippen molar-refractivity contribution in [2.75, 3.05) is 13.1 Å². The molecule has 146 valence electrons. The molecule has 2 aromatic rings. The van der Waals surface area contributed by atoms with Crippen LogP contribution < -0.4 is 0 Å². The van der Waals surface area contributed by atoms with Gasteiger partial charge in [0.1, 0.15) is 0 Å². The summed E-state index contributed by atoms with van der Waals surface area (Å²) in [7, 11) is 0. The Labute approximate surface area is 171 Å². The van der Waals surface area contributed by atoms with Crippen LogP contribution in [0.1, 0.15) is 80.2 Å². The average Bonchev–Trinajstić information content (AvgIpc) is 3.09. The molecule has 0 bridgehead atoms. The van der Waals surface area contributed by atoms with Crippen LogP contribution in [0, 0.1) is 0 Å². The first-order valence-corrected chi connectivity index (χ1v) is 10.4. The molecule has 1 fully saturated rings. The van der Waals surface area contributed by atoms with Gasteiger partial charge in [0, 0.05) is 24.3 Å². The number of likely N-dealkylation sites (tertiary alicyclic amines) is 1. The number of nitrogens with zero attached hydrogens (tertiary/aromatic N) is 3. The maximum atomic E-state index is 12.8. The van der Waals surface area contributed by atoms with Gasteiger partial charge >= 0.3 is 0 Å². The first kappa shape index (κ1) is 20.2. The Morgan fingerprint density at radius 1 is 1.04 bits per heavy atom. The van der Waals surface area contributed by atoms with Gasteiger partial charge in [0.15, 0.2) is 0 Å². The molecule has 27 heavy (non-hydrogen) atoms. The Kier molecular flexibility index (Phi) is 6.17. The van der Waals surface area contributed by atoms with Crippen molar-refractivity contribution < 1.29 is 4.79 Å². The van der Waals surface area contributed by atoms with Crippen LogP contribution in [0.4, 0.5) is 0 Å². The molecule has 0 unspecified atom stereocenters. The van der Waals surface area contributed by atoms with E-state index in [1.165, 1.54) is 5.69 Å². The van der Waals surface area contributed by atoms with E-state index < -0.39 is 0 Å². The quantitative estimate of drug-likeness (QED) is 0.630. The van der Waals surface area contributed by atoms with Crippen LogP contribution in [0.2, 0.25) is 10.0 Å². The van der Waals surface area contributed by atoms with Crippen molar-refractivity contribution in [3.63, 3.8) is 0 Å². The van der Waals surface area contributed by atoms with Crippen LogP contribution in [0.5, 0.6) is 0 Å². The van der Waals surface area contributed by atoms with Gasteiger partial charge in [-0.2, -0.15) is 5.10 Å². The van der Waals surface area contributed by atoms with Crippen molar-refractivity contribution in [3.05, 3.63) is 51.3 Å². The predicted molar refractivity (Wildman–Crippen MR) is 111 cm³/mol. The van der Waals surface area contributed by atoms with Gasteiger partial charge in [-0.15, -0.1) is 0 Å². The van der Waals surface area contributed by atoms with Gasteiger partial charge in [-0.1, -0.05) is 50.9 Å². The van der Waals surface area contributed by atoms with Gasteiger partial charge in [0.05, 0.1) is 21.8 Å². The minimum atomic E-state index is 0.0134. The molecular formula is C21H27Cl2N3O. The Morgan fingerprint density at radius 2 is 1.70 bits per heavy atom. The van der Waals surface area contributed by atoms with Gasteiger partial charge in [-0.25, -0.2) is 0 Å². The zero-order valence-corrected chi connectivity index (χ0v) is 17.9. The number of aromatic nitrogens is 2. The second-order valence-corrected chi connectivity index (χ2v) is 8.71. The topological polar surface area (TPSA) is 38.1 Å². The van der Waals surface area contributed by atoms with E-state index in [-0.39, 0.29) is 5.91 Å². The third kappa shape index (κ3) is 4.33. The van der Waals surface area contributed by atoms with Crippen LogP contribution in [0.15, 0.2) is 24.3 Å². The molecule has 0 saturated carbocycles. The number of amides is 1. The largest absolute Gasteiger partial charge is 0.338 e. The van der Waals surface area contributed by atoms with Crippen molar-refractivity contribution in [1.82, 2.24) is 14.7 Å². The van der Waals surface area contributed by atoms with Crippen LogP contribution in [0.3, 0.4) is 0 Å². The number of carbonyl (C=O) groups excluding carboxylic acids is 1. The van der Waals surface area contributed by atoms with Crippen molar-refractivity contribution in [1.29, 1.82) is 0 Å². The molecule has 0 N–H and O–H groups in total. The van der Waals surface area contributed by atoms with E-state index in [4.69, 9.17) is 28.3 Å². The summed E-state index contributed by atoms with van der Waals surface area (Å²) in [5.74, 6) is 0.861. The number of rotatable bonds is 4. The van der Waals surface area contributed by atoms with E-state index in [0.29, 0.717) is 33.5 Å². The fraction of sp³-hybridized carbons (Fsp3) is 0.524.